The molecule has 0 amide bonds. The zero-order valence-electron chi connectivity index (χ0n) is 37.6. The Balaban J connectivity index is 0.968. The summed E-state index contributed by atoms with van der Waals surface area (Å²) in [6.07, 6.45) is 0. The van der Waals surface area contributed by atoms with Crippen molar-refractivity contribution < 1.29 is 4.74 Å². The highest BCUT2D eigenvalue weighted by atomic mass is 32.2. The van der Waals surface area contributed by atoms with E-state index in [-0.39, 0.29) is 10.8 Å². The van der Waals surface area contributed by atoms with Gasteiger partial charge in [-0.05, 0) is 126 Å². The van der Waals surface area contributed by atoms with Crippen molar-refractivity contribution in [2.75, 3.05) is 4.90 Å². The molecule has 1 atom stereocenters. The molecule has 0 spiro atoms. The molecule has 0 bridgehead atoms. The highest BCUT2D eigenvalue weighted by Crippen LogP contribution is 2.60. The monoisotopic (exact) mass is 901 g/mol. The number of ether oxygens (including phenoxy) is 1. The lowest BCUT2D eigenvalue weighted by Gasteiger charge is -2.37. The lowest BCUT2D eigenvalue weighted by molar-refractivity contribution is 0.455. The smallest absolute Gasteiger partial charge is 0.149 e. The Morgan fingerprint density at radius 2 is 1.00 bits per heavy atom. The van der Waals surface area contributed by atoms with Gasteiger partial charge in [-0.25, -0.2) is 0 Å². The van der Waals surface area contributed by atoms with Gasteiger partial charge in [0.2, 0.25) is 0 Å². The van der Waals surface area contributed by atoms with E-state index < -0.39 is 8.07 Å². The molecule has 0 aromatic heterocycles. The van der Waals surface area contributed by atoms with E-state index in [1.165, 1.54) is 81.0 Å². The van der Waals surface area contributed by atoms with E-state index in [9.17, 15) is 0 Å². The van der Waals surface area contributed by atoms with Crippen molar-refractivity contribution in [2.45, 2.75) is 64.7 Å². The average molecular weight is 902 g/mol. The number of hydrogen-bond donors (Lipinski definition) is 0. The maximum atomic E-state index is 6.78. The fourth-order valence-corrected chi connectivity index (χ4v) is 18.9. The minimum Gasteiger partial charge on any atom is -0.454 e. The molecule has 0 N–H and O–H groups in total. The van der Waals surface area contributed by atoms with Crippen LogP contribution < -0.4 is 25.2 Å². The lowest BCUT2D eigenvalue weighted by Crippen LogP contribution is -2.67. The molecule has 66 heavy (non-hydrogen) atoms. The van der Waals surface area contributed by atoms with Gasteiger partial charge in [-0.3, -0.25) is 0 Å². The van der Waals surface area contributed by atoms with Gasteiger partial charge >= 0.3 is 0 Å². The van der Waals surface area contributed by atoms with Crippen molar-refractivity contribution in [1.82, 2.24) is 0 Å². The minimum atomic E-state index is -2.32. The molecule has 2 aliphatic heterocycles. The predicted octanol–water partition coefficient (Wildman–Crippen LogP) is 15.3. The van der Waals surface area contributed by atoms with Gasteiger partial charge in [0, 0.05) is 43.2 Å². The Hall–Kier alpha value is -6.50. The van der Waals surface area contributed by atoms with Crippen LogP contribution >= 0.6 is 23.5 Å². The van der Waals surface area contributed by atoms with Crippen LogP contribution in [0.4, 0.5) is 17.1 Å². The van der Waals surface area contributed by atoms with E-state index in [2.05, 4.69) is 233 Å². The van der Waals surface area contributed by atoms with Crippen molar-refractivity contribution in [1.29, 1.82) is 0 Å². The van der Waals surface area contributed by atoms with Crippen LogP contribution in [0.15, 0.2) is 214 Å². The van der Waals surface area contributed by atoms with Crippen molar-refractivity contribution in [3.8, 4) is 44.9 Å². The molecular weight excluding hydrogens is 855 g/mol. The first-order valence-electron chi connectivity index (χ1n) is 23.0. The van der Waals surface area contributed by atoms with E-state index in [0.29, 0.717) is 0 Å². The molecular formula is C61H47NOS2Si. The van der Waals surface area contributed by atoms with Crippen molar-refractivity contribution in [3.05, 3.63) is 216 Å². The topological polar surface area (TPSA) is 12.5 Å². The van der Waals surface area contributed by atoms with Gasteiger partial charge in [-0.15, -0.1) is 0 Å². The third kappa shape index (κ3) is 5.70. The molecule has 5 heteroatoms. The molecule has 0 saturated carbocycles. The lowest BCUT2D eigenvalue weighted by atomic mass is 9.82. The molecule has 2 aliphatic carbocycles. The summed E-state index contributed by atoms with van der Waals surface area (Å²) in [5.41, 5.74) is 16.0. The first kappa shape index (κ1) is 39.8. The normalized spacial score (nSPS) is 17.2. The van der Waals surface area contributed by atoms with Crippen LogP contribution in [0.3, 0.4) is 0 Å². The first-order valence-corrected chi connectivity index (χ1v) is 27.1. The maximum Gasteiger partial charge on any atom is 0.149 e. The molecule has 2 nitrogen and oxygen atoms in total. The summed E-state index contributed by atoms with van der Waals surface area (Å²) in [4.78, 5) is 7.62. The molecule has 9 aromatic rings. The predicted molar refractivity (Wildman–Crippen MR) is 280 cm³/mol. The zero-order chi connectivity index (χ0) is 44.5. The largest absolute Gasteiger partial charge is 0.454 e. The van der Waals surface area contributed by atoms with Gasteiger partial charge in [-0.2, -0.15) is 0 Å². The second-order valence-corrected chi connectivity index (χ2v) is 25.4. The van der Waals surface area contributed by atoms with Crippen LogP contribution in [-0.4, -0.2) is 8.07 Å². The number of para-hydroxylation sites is 1. The van der Waals surface area contributed by atoms with Gasteiger partial charge in [0.05, 0.1) is 9.79 Å². The van der Waals surface area contributed by atoms with Crippen LogP contribution in [0.2, 0.25) is 6.55 Å². The third-order valence-corrected chi connectivity index (χ3v) is 22.2. The zero-order valence-corrected chi connectivity index (χ0v) is 40.3. The highest BCUT2D eigenvalue weighted by molar-refractivity contribution is 8.00. The number of nitrogens with zero attached hydrogens (tertiary/aromatic N) is 1. The van der Waals surface area contributed by atoms with E-state index >= 15 is 0 Å². The number of fused-ring (bicyclic) bond motifs is 12. The summed E-state index contributed by atoms with van der Waals surface area (Å²) in [6.45, 7) is 12.2. The fourth-order valence-electron chi connectivity index (χ4n) is 11.5. The van der Waals surface area contributed by atoms with Crippen LogP contribution in [-0.2, 0) is 10.8 Å². The van der Waals surface area contributed by atoms with Crippen molar-refractivity contribution in [2.24, 2.45) is 0 Å². The summed E-state index contributed by atoms with van der Waals surface area (Å²) in [5.74, 6) is 1.90. The number of rotatable bonds is 5. The van der Waals surface area contributed by atoms with Crippen molar-refractivity contribution in [3.63, 3.8) is 0 Å². The molecule has 0 radical (unpaired) electrons. The van der Waals surface area contributed by atoms with Crippen LogP contribution in [0.25, 0.3) is 33.4 Å². The van der Waals surface area contributed by atoms with Crippen LogP contribution in [0.5, 0.6) is 11.5 Å². The number of anilines is 3. The Morgan fingerprint density at radius 1 is 0.439 bits per heavy atom. The Morgan fingerprint density at radius 3 is 1.71 bits per heavy atom. The van der Waals surface area contributed by atoms with E-state index in [1.54, 1.807) is 11.8 Å². The molecule has 2 heterocycles. The highest BCUT2D eigenvalue weighted by Gasteiger charge is 2.46. The SMILES string of the molecule is CC1(C)c2cc(N(c3ccc(-c4ccccc4)cc3)c3ccc4c(c3)C(C)(C)c3ccc5c(c3-4)Sc3ccccc3[Si]5(C)c3ccccc3)ccc2-c2c1ccc1c2Oc2ccccc2S1. The first-order chi connectivity index (χ1) is 32.1. The van der Waals surface area contributed by atoms with E-state index in [0.717, 1.165) is 38.4 Å². The minimum absolute atomic E-state index is 0.210. The molecule has 13 rings (SSSR count). The summed E-state index contributed by atoms with van der Waals surface area (Å²) in [7, 11) is -2.32. The molecule has 0 fully saturated rings. The average Bonchev–Trinajstić information content (AvgIpc) is 3.73. The fraction of sp³-hybridized carbons (Fsp3) is 0.115. The summed E-state index contributed by atoms with van der Waals surface area (Å²) < 4.78 is 6.78. The summed E-state index contributed by atoms with van der Waals surface area (Å²) in [5, 5.41) is 4.48. The Kier molecular flexibility index (Phi) is 8.75. The van der Waals surface area contributed by atoms with Gasteiger partial charge in [-0.1, -0.05) is 191 Å². The number of hydrogen-bond acceptors (Lipinski definition) is 4. The van der Waals surface area contributed by atoms with Gasteiger partial charge < -0.3 is 9.64 Å². The van der Waals surface area contributed by atoms with Crippen molar-refractivity contribution >= 4 is 64.2 Å². The molecule has 318 valence electrons. The van der Waals surface area contributed by atoms with Crippen LogP contribution in [0.1, 0.15) is 49.9 Å². The molecule has 1 unspecified atom stereocenters. The molecule has 9 aromatic carbocycles. The Labute approximate surface area is 397 Å². The maximum absolute atomic E-state index is 6.78. The van der Waals surface area contributed by atoms with Gasteiger partial charge in [0.15, 0.2) is 0 Å². The standard InChI is InChI=1S/C61H47NOS2Si/c1-60(2)46-32-34-53-58(63-50-20-12-13-21-51(50)64-53)56(46)44-30-28-41(36-48(44)60)62(40-26-24-39(25-27-40)38-16-8-6-9-17-38)42-29-31-45-49(37-42)61(3,4)47-33-35-55-59(57(45)47)65-52-22-14-15-23-54(52)66(55,5)43-18-10-7-11-19-43/h6-37H,1-5H3. The molecule has 0 saturated heterocycles. The quantitative estimate of drug-likeness (QED) is 0.160. The van der Waals surface area contributed by atoms with E-state index in [4.69, 9.17) is 4.74 Å². The third-order valence-electron chi connectivity index (χ3n) is 15.1. The summed E-state index contributed by atoms with van der Waals surface area (Å²) >= 11 is 3.78. The Bertz CT molecular complexity index is 3470. The van der Waals surface area contributed by atoms with E-state index in [1.807, 2.05) is 11.8 Å². The van der Waals surface area contributed by atoms with Gasteiger partial charge in [0.1, 0.15) is 19.6 Å². The van der Waals surface area contributed by atoms with Gasteiger partial charge in [0.25, 0.3) is 0 Å². The molecule has 4 aliphatic rings. The summed E-state index contributed by atoms with van der Waals surface area (Å²) in [6, 6.07) is 72.6. The number of benzene rings is 9. The second kappa shape index (κ2) is 14.5. The van der Waals surface area contributed by atoms with Crippen LogP contribution in [0, 0.1) is 0 Å². The second-order valence-electron chi connectivity index (χ2n) is 19.4.